The molecule has 4 heteroatoms. The molecule has 0 bridgehead atoms. The lowest BCUT2D eigenvalue weighted by molar-refractivity contribution is 1.07. The first-order chi connectivity index (χ1) is 8.29. The van der Waals surface area contributed by atoms with Gasteiger partial charge in [-0.15, -0.1) is 0 Å². The van der Waals surface area contributed by atoms with Gasteiger partial charge in [-0.2, -0.15) is 0 Å². The number of aromatic nitrogens is 2. The van der Waals surface area contributed by atoms with E-state index < -0.39 is 0 Å². The summed E-state index contributed by atoms with van der Waals surface area (Å²) in [5.74, 6) is 1.54. The van der Waals surface area contributed by atoms with Crippen LogP contribution >= 0.6 is 0 Å². The maximum Gasteiger partial charge on any atom is 0.147 e. The molecule has 88 valence electrons. The third-order valence-electron chi connectivity index (χ3n) is 2.61. The Morgan fingerprint density at radius 2 is 1.88 bits per heavy atom. The number of benzene rings is 1. The average molecular weight is 228 g/mol. The number of rotatable bonds is 4. The molecule has 0 atom stereocenters. The summed E-state index contributed by atoms with van der Waals surface area (Å²) in [5.41, 5.74) is 2.54. The molecular weight excluding hydrogens is 212 g/mol. The van der Waals surface area contributed by atoms with Crippen molar-refractivity contribution >= 4 is 11.6 Å². The Morgan fingerprint density at radius 1 is 1.12 bits per heavy atom. The van der Waals surface area contributed by atoms with Crippen molar-refractivity contribution in [2.24, 2.45) is 0 Å². The molecule has 0 fully saturated rings. The molecule has 0 amide bonds. The van der Waals surface area contributed by atoms with Crippen LogP contribution in [0.5, 0.6) is 0 Å². The van der Waals surface area contributed by atoms with Gasteiger partial charge in [0.05, 0.1) is 12.4 Å². The molecule has 1 heterocycles. The lowest BCUT2D eigenvalue weighted by Crippen LogP contribution is -2.04. The quantitative estimate of drug-likeness (QED) is 0.844. The fraction of sp³-hybridized carbons (Fsp3) is 0.231. The third-order valence-corrected chi connectivity index (χ3v) is 2.61. The van der Waals surface area contributed by atoms with Gasteiger partial charge in [0.1, 0.15) is 11.6 Å². The van der Waals surface area contributed by atoms with Crippen molar-refractivity contribution in [1.29, 1.82) is 0 Å². The van der Waals surface area contributed by atoms with Crippen molar-refractivity contribution in [3.8, 4) is 0 Å². The Morgan fingerprint density at radius 3 is 2.65 bits per heavy atom. The van der Waals surface area contributed by atoms with Crippen LogP contribution in [0.3, 0.4) is 0 Å². The monoisotopic (exact) mass is 228 g/mol. The summed E-state index contributed by atoms with van der Waals surface area (Å²) in [4.78, 5) is 8.45. The van der Waals surface area contributed by atoms with E-state index in [2.05, 4.69) is 39.7 Å². The van der Waals surface area contributed by atoms with Crippen LogP contribution in [0.4, 0.5) is 11.6 Å². The number of aryl methyl sites for hydroxylation is 1. The molecule has 2 N–H and O–H groups in total. The van der Waals surface area contributed by atoms with E-state index >= 15 is 0 Å². The number of nitrogens with zero attached hydrogens (tertiary/aromatic N) is 2. The standard InChI is InChI=1S/C13H16N4/c1-10-5-3-4-6-11(10)7-16-13-9-15-8-12(14-2)17-13/h3-6,8-9H,7H2,1-2H3,(H2,14,16,17). The van der Waals surface area contributed by atoms with Gasteiger partial charge in [0, 0.05) is 13.6 Å². The van der Waals surface area contributed by atoms with Gasteiger partial charge < -0.3 is 10.6 Å². The number of anilines is 2. The highest BCUT2D eigenvalue weighted by molar-refractivity contribution is 5.42. The van der Waals surface area contributed by atoms with E-state index in [9.17, 15) is 0 Å². The average Bonchev–Trinajstić information content (AvgIpc) is 2.38. The molecule has 0 spiro atoms. The highest BCUT2D eigenvalue weighted by Crippen LogP contribution is 2.11. The predicted octanol–water partition coefficient (Wildman–Crippen LogP) is 2.44. The van der Waals surface area contributed by atoms with Crippen LogP contribution in [0.2, 0.25) is 0 Å². The van der Waals surface area contributed by atoms with Crippen molar-refractivity contribution in [2.75, 3.05) is 17.7 Å². The van der Waals surface area contributed by atoms with Gasteiger partial charge in [-0.25, -0.2) is 4.98 Å². The van der Waals surface area contributed by atoms with Crippen LogP contribution in [-0.4, -0.2) is 17.0 Å². The molecule has 4 nitrogen and oxygen atoms in total. The second-order valence-electron chi connectivity index (χ2n) is 3.82. The van der Waals surface area contributed by atoms with Crippen LogP contribution in [0.25, 0.3) is 0 Å². The minimum Gasteiger partial charge on any atom is -0.372 e. The first-order valence-electron chi connectivity index (χ1n) is 5.58. The van der Waals surface area contributed by atoms with E-state index in [0.29, 0.717) is 0 Å². The van der Waals surface area contributed by atoms with Gasteiger partial charge in [0.2, 0.25) is 0 Å². The molecule has 0 aliphatic rings. The molecule has 0 radical (unpaired) electrons. The van der Waals surface area contributed by atoms with Crippen LogP contribution in [-0.2, 0) is 6.54 Å². The SMILES string of the molecule is CNc1cncc(NCc2ccccc2C)n1. The van der Waals surface area contributed by atoms with E-state index in [4.69, 9.17) is 0 Å². The number of hydrogen-bond donors (Lipinski definition) is 2. The largest absolute Gasteiger partial charge is 0.372 e. The van der Waals surface area contributed by atoms with Crippen molar-refractivity contribution in [2.45, 2.75) is 13.5 Å². The smallest absolute Gasteiger partial charge is 0.147 e. The summed E-state index contributed by atoms with van der Waals surface area (Å²) >= 11 is 0. The molecule has 1 aromatic heterocycles. The zero-order valence-corrected chi connectivity index (χ0v) is 10.1. The lowest BCUT2D eigenvalue weighted by atomic mass is 10.1. The molecule has 0 saturated carbocycles. The first-order valence-corrected chi connectivity index (χ1v) is 5.58. The predicted molar refractivity (Wildman–Crippen MR) is 70.1 cm³/mol. The second-order valence-corrected chi connectivity index (χ2v) is 3.82. The van der Waals surface area contributed by atoms with Crippen molar-refractivity contribution in [1.82, 2.24) is 9.97 Å². The molecule has 17 heavy (non-hydrogen) atoms. The molecule has 1 aromatic carbocycles. The normalized spacial score (nSPS) is 10.0. The topological polar surface area (TPSA) is 49.8 Å². The summed E-state index contributed by atoms with van der Waals surface area (Å²) in [7, 11) is 1.83. The Bertz CT molecular complexity index is 496. The molecule has 0 aliphatic carbocycles. The van der Waals surface area contributed by atoms with Gasteiger partial charge >= 0.3 is 0 Å². The highest BCUT2D eigenvalue weighted by atomic mass is 15.1. The zero-order chi connectivity index (χ0) is 12.1. The fourth-order valence-corrected chi connectivity index (χ4v) is 1.57. The van der Waals surface area contributed by atoms with Crippen LogP contribution < -0.4 is 10.6 Å². The Hall–Kier alpha value is -2.10. The summed E-state index contributed by atoms with van der Waals surface area (Å²) in [6.45, 7) is 2.86. The third kappa shape index (κ3) is 2.93. The molecule has 2 rings (SSSR count). The van der Waals surface area contributed by atoms with Crippen molar-refractivity contribution in [3.63, 3.8) is 0 Å². The van der Waals surface area contributed by atoms with Gasteiger partial charge in [0.25, 0.3) is 0 Å². The Labute approximate surface area is 101 Å². The van der Waals surface area contributed by atoms with Crippen LogP contribution in [0.15, 0.2) is 36.7 Å². The summed E-state index contributed by atoms with van der Waals surface area (Å²) in [5, 5.41) is 6.23. The molecule has 2 aromatic rings. The van der Waals surface area contributed by atoms with Gasteiger partial charge in [-0.1, -0.05) is 24.3 Å². The maximum atomic E-state index is 4.35. The summed E-state index contributed by atoms with van der Waals surface area (Å²) in [6, 6.07) is 8.30. The maximum absolute atomic E-state index is 4.35. The van der Waals surface area contributed by atoms with Gasteiger partial charge in [0.15, 0.2) is 0 Å². The fourth-order valence-electron chi connectivity index (χ4n) is 1.57. The highest BCUT2D eigenvalue weighted by Gasteiger charge is 1.99. The zero-order valence-electron chi connectivity index (χ0n) is 10.1. The van der Waals surface area contributed by atoms with Crippen molar-refractivity contribution < 1.29 is 0 Å². The van der Waals surface area contributed by atoms with Crippen molar-refractivity contribution in [3.05, 3.63) is 47.8 Å². The number of nitrogens with one attached hydrogen (secondary N) is 2. The lowest BCUT2D eigenvalue weighted by Gasteiger charge is -2.08. The van der Waals surface area contributed by atoms with Crippen LogP contribution in [0, 0.1) is 6.92 Å². The van der Waals surface area contributed by atoms with Gasteiger partial charge in [-0.05, 0) is 18.1 Å². The minimum absolute atomic E-state index is 0.758. The molecular formula is C13H16N4. The Kier molecular flexibility index (Phi) is 3.55. The number of hydrogen-bond acceptors (Lipinski definition) is 4. The molecule has 0 saturated heterocycles. The van der Waals surface area contributed by atoms with E-state index in [-0.39, 0.29) is 0 Å². The van der Waals surface area contributed by atoms with E-state index in [1.807, 2.05) is 19.2 Å². The van der Waals surface area contributed by atoms with Crippen LogP contribution in [0.1, 0.15) is 11.1 Å². The molecule has 0 aliphatic heterocycles. The summed E-state index contributed by atoms with van der Waals surface area (Å²) in [6.07, 6.45) is 3.41. The minimum atomic E-state index is 0.758. The Balaban J connectivity index is 2.05. The first kappa shape index (κ1) is 11.4. The van der Waals surface area contributed by atoms with E-state index in [1.165, 1.54) is 11.1 Å². The molecule has 0 unspecified atom stereocenters. The summed E-state index contributed by atoms with van der Waals surface area (Å²) < 4.78 is 0. The van der Waals surface area contributed by atoms with Gasteiger partial charge in [-0.3, -0.25) is 4.98 Å². The second kappa shape index (κ2) is 5.30. The van der Waals surface area contributed by atoms with E-state index in [1.54, 1.807) is 12.4 Å². The van der Waals surface area contributed by atoms with E-state index in [0.717, 1.165) is 18.2 Å².